The third kappa shape index (κ3) is 3.61. The summed E-state index contributed by atoms with van der Waals surface area (Å²) in [5.74, 6) is 0.584. The molecule has 0 saturated heterocycles. The van der Waals surface area contributed by atoms with Gasteiger partial charge in [-0.25, -0.2) is 0 Å². The van der Waals surface area contributed by atoms with E-state index in [4.69, 9.17) is 4.74 Å². The van der Waals surface area contributed by atoms with E-state index in [9.17, 15) is 14.4 Å². The van der Waals surface area contributed by atoms with Crippen molar-refractivity contribution in [3.8, 4) is 0 Å². The summed E-state index contributed by atoms with van der Waals surface area (Å²) in [6.45, 7) is 5.22. The van der Waals surface area contributed by atoms with Crippen LogP contribution in [0.4, 0.5) is 5.69 Å². The zero-order valence-electron chi connectivity index (χ0n) is 21.6. The molecule has 0 heterocycles. The van der Waals surface area contributed by atoms with Crippen molar-refractivity contribution in [3.05, 3.63) is 52.6 Å². The number of ketones is 2. The number of carbonyl (C=O) groups excluding carboxylic acids is 3. The molecule has 2 fully saturated rings. The monoisotopic (exact) mass is 475 g/mol. The third-order valence-electron chi connectivity index (χ3n) is 9.55. The van der Waals surface area contributed by atoms with Crippen LogP contribution in [0.5, 0.6) is 0 Å². The van der Waals surface area contributed by atoms with E-state index in [1.165, 1.54) is 29.2 Å². The fraction of sp³-hybridized carbons (Fsp3) is 0.567. The number of carbonyl (C=O) groups is 3. The molecule has 0 radical (unpaired) electrons. The Morgan fingerprint density at radius 1 is 1.03 bits per heavy atom. The standard InChI is InChI=1S/C30H37NO4/c1-18(32)30(35-19(2)33)15-14-27-25-12-8-21-16-23(34)11-13-24(21)28(25)26(17-29(27,30)3)20-6-9-22(10-7-20)31(4)5/h6-7,9-10,16,25-27H,8,11-15,17H2,1-5H3/t25-,26?,27-,29-,30+/m0/s1. The van der Waals surface area contributed by atoms with Gasteiger partial charge in [0.15, 0.2) is 17.2 Å². The summed E-state index contributed by atoms with van der Waals surface area (Å²) >= 11 is 0. The van der Waals surface area contributed by atoms with Crippen LogP contribution in [0.1, 0.15) is 77.2 Å². The predicted molar refractivity (Wildman–Crippen MR) is 136 cm³/mol. The van der Waals surface area contributed by atoms with Crippen LogP contribution in [0, 0.1) is 17.3 Å². The number of rotatable bonds is 4. The molecule has 0 amide bonds. The molecule has 5 nitrogen and oxygen atoms in total. The number of fused-ring (bicyclic) bond motifs is 4. The molecule has 5 atom stereocenters. The van der Waals surface area contributed by atoms with Crippen molar-refractivity contribution in [2.24, 2.45) is 17.3 Å². The van der Waals surface area contributed by atoms with Gasteiger partial charge in [-0.05, 0) is 92.2 Å². The maximum absolute atomic E-state index is 13.2. The first-order valence-electron chi connectivity index (χ1n) is 13.0. The first-order chi connectivity index (χ1) is 16.6. The van der Waals surface area contributed by atoms with Gasteiger partial charge < -0.3 is 9.64 Å². The summed E-state index contributed by atoms with van der Waals surface area (Å²) in [6, 6.07) is 8.76. The number of benzene rings is 1. The molecule has 35 heavy (non-hydrogen) atoms. The number of hydrogen-bond acceptors (Lipinski definition) is 5. The van der Waals surface area contributed by atoms with E-state index in [0.29, 0.717) is 18.8 Å². The molecule has 4 aliphatic rings. The van der Waals surface area contributed by atoms with Crippen molar-refractivity contribution in [3.63, 3.8) is 0 Å². The number of esters is 1. The van der Waals surface area contributed by atoms with E-state index in [-0.39, 0.29) is 29.4 Å². The second kappa shape index (κ2) is 8.46. The van der Waals surface area contributed by atoms with Crippen LogP contribution in [0.15, 0.2) is 47.1 Å². The molecule has 4 aliphatic carbocycles. The topological polar surface area (TPSA) is 63.7 Å². The van der Waals surface area contributed by atoms with Crippen molar-refractivity contribution in [2.45, 2.75) is 77.2 Å². The number of anilines is 1. The highest BCUT2D eigenvalue weighted by Gasteiger charge is 2.67. The van der Waals surface area contributed by atoms with Crippen molar-refractivity contribution >= 4 is 23.2 Å². The Hall–Kier alpha value is -2.69. The second-order valence-corrected chi connectivity index (χ2v) is 11.5. The van der Waals surface area contributed by atoms with Gasteiger partial charge in [-0.1, -0.05) is 24.6 Å². The third-order valence-corrected chi connectivity index (χ3v) is 9.55. The molecule has 0 aromatic heterocycles. The Labute approximate surface area is 208 Å². The van der Waals surface area contributed by atoms with E-state index in [1.54, 1.807) is 6.92 Å². The van der Waals surface area contributed by atoms with Gasteiger partial charge in [0.05, 0.1) is 0 Å². The van der Waals surface area contributed by atoms with Crippen LogP contribution in [0.2, 0.25) is 0 Å². The Morgan fingerprint density at radius 3 is 2.37 bits per heavy atom. The summed E-state index contributed by atoms with van der Waals surface area (Å²) in [6.07, 6.45) is 7.41. The lowest BCUT2D eigenvalue weighted by atomic mass is 9.50. The van der Waals surface area contributed by atoms with Gasteiger partial charge in [-0.3, -0.25) is 14.4 Å². The number of Topliss-reactive ketones (excluding diaryl/α,β-unsaturated/α-hetero) is 1. The second-order valence-electron chi connectivity index (χ2n) is 11.5. The molecule has 0 aliphatic heterocycles. The molecular weight excluding hydrogens is 438 g/mol. The lowest BCUT2D eigenvalue weighted by Crippen LogP contribution is -2.57. The Bertz CT molecular complexity index is 1140. The van der Waals surface area contributed by atoms with Gasteiger partial charge >= 0.3 is 5.97 Å². The molecule has 2 saturated carbocycles. The number of nitrogens with zero attached hydrogens (tertiary/aromatic N) is 1. The minimum atomic E-state index is -1.07. The number of allylic oxidation sites excluding steroid dienone is 4. The van der Waals surface area contributed by atoms with Crippen LogP contribution in [-0.2, 0) is 19.1 Å². The minimum absolute atomic E-state index is 0.0323. The normalized spacial score (nSPS) is 33.9. The molecule has 1 unspecified atom stereocenters. The molecule has 1 aromatic rings. The van der Waals surface area contributed by atoms with Crippen LogP contribution in [0.3, 0.4) is 0 Å². The van der Waals surface area contributed by atoms with Crippen molar-refractivity contribution < 1.29 is 19.1 Å². The van der Waals surface area contributed by atoms with Gasteiger partial charge in [0, 0.05) is 44.5 Å². The highest BCUT2D eigenvalue weighted by molar-refractivity contribution is 5.93. The van der Waals surface area contributed by atoms with Crippen molar-refractivity contribution in [2.75, 3.05) is 19.0 Å². The average Bonchev–Trinajstić information content (AvgIpc) is 3.10. The predicted octanol–water partition coefficient (Wildman–Crippen LogP) is 5.54. The lowest BCUT2D eigenvalue weighted by molar-refractivity contribution is -0.182. The molecule has 5 heteroatoms. The quantitative estimate of drug-likeness (QED) is 0.535. The summed E-state index contributed by atoms with van der Waals surface area (Å²) < 4.78 is 6.00. The van der Waals surface area contributed by atoms with E-state index >= 15 is 0 Å². The molecule has 1 aromatic carbocycles. The van der Waals surface area contributed by atoms with E-state index < -0.39 is 11.0 Å². The van der Waals surface area contributed by atoms with Gasteiger partial charge in [0.2, 0.25) is 0 Å². The molecular formula is C30H37NO4. The fourth-order valence-electron chi connectivity index (χ4n) is 8.02. The Balaban J connectivity index is 1.68. The zero-order valence-corrected chi connectivity index (χ0v) is 21.6. The van der Waals surface area contributed by atoms with E-state index in [1.807, 2.05) is 20.2 Å². The Morgan fingerprint density at radius 2 is 1.74 bits per heavy atom. The molecule has 0 bridgehead atoms. The SMILES string of the molecule is CC(=O)O[C@@]1(C(C)=O)CC[C@H]2[C@@H]3CCC4=CC(=O)CCC4=C3C(c3ccc(N(C)C)cc3)C[C@@]21C. The fourth-order valence-corrected chi connectivity index (χ4v) is 8.02. The van der Waals surface area contributed by atoms with Crippen LogP contribution >= 0.6 is 0 Å². The van der Waals surface area contributed by atoms with Crippen molar-refractivity contribution in [1.82, 2.24) is 0 Å². The van der Waals surface area contributed by atoms with Gasteiger partial charge in [0.25, 0.3) is 0 Å². The number of ether oxygens (including phenoxy) is 1. The smallest absolute Gasteiger partial charge is 0.303 e. The number of hydrogen-bond donors (Lipinski definition) is 0. The van der Waals surface area contributed by atoms with E-state index in [0.717, 1.165) is 37.8 Å². The van der Waals surface area contributed by atoms with Gasteiger partial charge in [0.1, 0.15) is 0 Å². The zero-order chi connectivity index (χ0) is 25.1. The van der Waals surface area contributed by atoms with Crippen LogP contribution in [-0.4, -0.2) is 37.2 Å². The minimum Gasteiger partial charge on any atom is -0.451 e. The maximum Gasteiger partial charge on any atom is 0.303 e. The van der Waals surface area contributed by atoms with Crippen LogP contribution < -0.4 is 4.90 Å². The molecule has 0 spiro atoms. The molecule has 0 N–H and O–H groups in total. The largest absolute Gasteiger partial charge is 0.451 e. The summed E-state index contributed by atoms with van der Waals surface area (Å²) in [5.41, 5.74) is 4.98. The summed E-state index contributed by atoms with van der Waals surface area (Å²) in [4.78, 5) is 39.8. The maximum atomic E-state index is 13.2. The molecule has 186 valence electrons. The average molecular weight is 476 g/mol. The van der Waals surface area contributed by atoms with E-state index in [2.05, 4.69) is 36.1 Å². The van der Waals surface area contributed by atoms with Crippen molar-refractivity contribution in [1.29, 1.82) is 0 Å². The molecule has 5 rings (SSSR count). The Kier molecular flexibility index (Phi) is 5.81. The van der Waals surface area contributed by atoms with Gasteiger partial charge in [-0.2, -0.15) is 0 Å². The summed E-state index contributed by atoms with van der Waals surface area (Å²) in [5, 5.41) is 0. The highest BCUT2D eigenvalue weighted by atomic mass is 16.6. The van der Waals surface area contributed by atoms with Crippen LogP contribution in [0.25, 0.3) is 0 Å². The van der Waals surface area contributed by atoms with Gasteiger partial charge in [-0.15, -0.1) is 0 Å². The first kappa shape index (κ1) is 24.0. The first-order valence-corrected chi connectivity index (χ1v) is 13.0. The summed E-state index contributed by atoms with van der Waals surface area (Å²) in [7, 11) is 4.08. The highest BCUT2D eigenvalue weighted by Crippen LogP contribution is 2.67. The lowest BCUT2D eigenvalue weighted by Gasteiger charge is -2.55.